The second-order valence-corrected chi connectivity index (χ2v) is 30.7. The Kier molecular flexibility index (Phi) is 19.0. The summed E-state index contributed by atoms with van der Waals surface area (Å²) in [4.78, 5) is 42.0. The third-order valence-electron chi connectivity index (χ3n) is 15.9. The van der Waals surface area contributed by atoms with Gasteiger partial charge in [0.1, 0.15) is 16.3 Å². The number of hydrogen-bond donors (Lipinski definition) is 6. The largest absolute Gasteiger partial charge is 0.385 e. The summed E-state index contributed by atoms with van der Waals surface area (Å²) in [7, 11) is -27.3. The van der Waals surface area contributed by atoms with Crippen LogP contribution >= 0.6 is 0 Å². The first-order chi connectivity index (χ1) is 41.1. The molecule has 3 heterocycles. The molecule has 89 heavy (non-hydrogen) atoms. The van der Waals surface area contributed by atoms with Crippen LogP contribution in [0.25, 0.3) is 27.1 Å². The predicted molar refractivity (Wildman–Crippen MR) is 322 cm³/mol. The molecule has 0 radical (unpaired) electrons. The molecule has 2 atom stereocenters. The number of imide groups is 1. The standard InChI is InChI=1S/C56H61N3O24S6/c1-33-27-36(54(62)83-59-49(60)17-18-50(59)61)28-34(2)51(33)35(9-15-47-55(3,19-23-81-5)52-41-29-37(86(69,70)71)31-45(88(75,76)77)39(41)11-13-43(52)57(47)21-7-25-84(63,64)65)10-16-48-56(4,20-24-82-6)53-42-30-38(87(72,73)74)32-46(89(78,79)80)40(42)12-14-44(53)58(48)22-8-26-85(66,67)68/h9-16,27-32H,7-8,17-26H2,1-6H3,(H5-,63,64,65,66,67,68,69,70,71,72,73,74,75,76,77,78,79,80)/p+1. The molecule has 27 nitrogen and oxygen atoms in total. The molecule has 0 aromatic heterocycles. The zero-order valence-corrected chi connectivity index (χ0v) is 53.3. The third kappa shape index (κ3) is 14.1. The van der Waals surface area contributed by atoms with Crippen molar-refractivity contribution in [1.29, 1.82) is 0 Å². The number of hydroxylamine groups is 2. The molecule has 0 bridgehead atoms. The lowest BCUT2D eigenvalue weighted by molar-refractivity contribution is -0.437. The van der Waals surface area contributed by atoms with Gasteiger partial charge in [-0.15, -0.1) is 5.06 Å². The number of carbonyl (C=O) groups excluding carboxylic acids is 3. The molecular formula is C56H62N3O24S6+. The van der Waals surface area contributed by atoms with Crippen molar-refractivity contribution in [3.8, 4) is 0 Å². The van der Waals surface area contributed by atoms with E-state index in [1.807, 2.05) is 0 Å². The zero-order valence-electron chi connectivity index (χ0n) is 48.4. The van der Waals surface area contributed by atoms with Gasteiger partial charge in [-0.05, 0) is 146 Å². The molecule has 2 unspecified atom stereocenters. The summed E-state index contributed by atoms with van der Waals surface area (Å²) >= 11 is 0. The second-order valence-electron chi connectivity index (χ2n) is 21.9. The highest BCUT2D eigenvalue weighted by Gasteiger charge is 2.50. The van der Waals surface area contributed by atoms with Gasteiger partial charge in [0.05, 0.1) is 32.3 Å². The highest BCUT2D eigenvalue weighted by molar-refractivity contribution is 7.87. The Hall–Kier alpha value is -6.70. The van der Waals surface area contributed by atoms with E-state index in [-0.39, 0.29) is 120 Å². The maximum atomic E-state index is 13.7. The SMILES string of the molecule is COCCC1(C)C(/C=C/C(=C/C=C2/N(CCCS(=O)(=O)O)c3ccc4c(S(=O)(=O)O)cc(S(=O)(=O)O)cc4c3C2(C)CCOC)c2c(C)cc(C(=O)ON3C(=O)CCC3=O)cc2C)=[N+](CCCS(=O)(=O)O)c2ccc3c(S(=O)(=O)O)cc(S(=O)(=O)O)cc3c21. The number of rotatable bonds is 24. The van der Waals surface area contributed by atoms with Crippen molar-refractivity contribution >= 4 is 123 Å². The summed E-state index contributed by atoms with van der Waals surface area (Å²) in [6.07, 6.45) is 5.48. The molecule has 8 rings (SSSR count). The summed E-state index contributed by atoms with van der Waals surface area (Å²) in [6.45, 7) is 6.08. The van der Waals surface area contributed by atoms with Crippen LogP contribution in [0.4, 0.5) is 11.4 Å². The average molecular weight is 1350 g/mol. The number of hydrogen-bond acceptors (Lipinski definition) is 19. The average Bonchev–Trinajstić information content (AvgIpc) is 1.61. The van der Waals surface area contributed by atoms with Crippen LogP contribution in [-0.4, -0.2) is 163 Å². The van der Waals surface area contributed by atoms with E-state index in [9.17, 15) is 92.2 Å². The molecular weight excluding hydrogens is 1290 g/mol. The van der Waals surface area contributed by atoms with Crippen LogP contribution in [0.15, 0.2) is 110 Å². The Labute approximate surface area is 513 Å². The normalized spacial score (nSPS) is 19.2. The van der Waals surface area contributed by atoms with Crippen molar-refractivity contribution < 1.29 is 111 Å². The number of methoxy groups -OCH3 is 2. The summed E-state index contributed by atoms with van der Waals surface area (Å²) in [5, 5.41) is -0.192. The van der Waals surface area contributed by atoms with Gasteiger partial charge in [0.25, 0.3) is 72.5 Å². The lowest BCUT2D eigenvalue weighted by atomic mass is 9.74. The zero-order chi connectivity index (χ0) is 65.9. The molecule has 0 aliphatic carbocycles. The molecule has 2 amide bonds. The van der Waals surface area contributed by atoms with Crippen LogP contribution in [0, 0.1) is 13.8 Å². The van der Waals surface area contributed by atoms with Crippen LogP contribution in [-0.2, 0) is 95.4 Å². The van der Waals surface area contributed by atoms with E-state index in [4.69, 9.17) is 14.3 Å². The first-order valence-corrected chi connectivity index (χ1v) is 35.9. The second kappa shape index (κ2) is 24.8. The van der Waals surface area contributed by atoms with Crippen LogP contribution in [0.2, 0.25) is 0 Å². The van der Waals surface area contributed by atoms with Gasteiger partial charge >= 0.3 is 5.97 Å². The highest BCUT2D eigenvalue weighted by Crippen LogP contribution is 2.54. The molecule has 0 saturated carbocycles. The lowest BCUT2D eigenvalue weighted by Gasteiger charge is -2.31. The highest BCUT2D eigenvalue weighted by atomic mass is 32.2. The Morgan fingerprint density at radius 2 is 1.12 bits per heavy atom. The number of ether oxygens (including phenoxy) is 2. The fraction of sp³-hybridized carbons (Fsp3) is 0.357. The maximum Gasteiger partial charge on any atom is 0.363 e. The minimum absolute atomic E-state index is 0.00254. The van der Waals surface area contributed by atoms with Gasteiger partial charge in [0, 0.05) is 98.5 Å². The van der Waals surface area contributed by atoms with Gasteiger partial charge in [-0.1, -0.05) is 12.1 Å². The van der Waals surface area contributed by atoms with E-state index in [0.29, 0.717) is 45.3 Å². The number of carbonyl (C=O) groups is 3. The number of amides is 2. The van der Waals surface area contributed by atoms with Gasteiger partial charge in [0.15, 0.2) is 5.71 Å². The van der Waals surface area contributed by atoms with Gasteiger partial charge in [-0.3, -0.25) is 36.9 Å². The van der Waals surface area contributed by atoms with Crippen molar-refractivity contribution in [3.63, 3.8) is 0 Å². The lowest BCUT2D eigenvalue weighted by Crippen LogP contribution is -2.33. The monoisotopic (exact) mass is 1350 g/mol. The number of allylic oxidation sites excluding steroid dienone is 6. The first kappa shape index (κ1) is 68.2. The van der Waals surface area contributed by atoms with Crippen molar-refractivity contribution in [3.05, 3.63) is 124 Å². The third-order valence-corrected chi connectivity index (χ3v) is 21.0. The van der Waals surface area contributed by atoms with Crippen molar-refractivity contribution in [2.24, 2.45) is 0 Å². The molecule has 6 N–H and O–H groups in total. The maximum absolute atomic E-state index is 13.7. The fourth-order valence-corrected chi connectivity index (χ4v) is 15.7. The molecule has 5 aromatic carbocycles. The summed E-state index contributed by atoms with van der Waals surface area (Å²) < 4.78 is 227. The van der Waals surface area contributed by atoms with Crippen LogP contribution < -0.4 is 4.90 Å². The predicted octanol–water partition coefficient (Wildman–Crippen LogP) is 6.10. The molecule has 1 saturated heterocycles. The first-order valence-electron chi connectivity index (χ1n) is 26.9. The summed E-state index contributed by atoms with van der Waals surface area (Å²) in [5.41, 5.74) is -0.118. The summed E-state index contributed by atoms with van der Waals surface area (Å²) in [6, 6.07) is 11.4. The Morgan fingerprint density at radius 1 is 0.629 bits per heavy atom. The van der Waals surface area contributed by atoms with E-state index in [1.165, 1.54) is 50.6 Å². The van der Waals surface area contributed by atoms with E-state index < -0.39 is 120 Å². The van der Waals surface area contributed by atoms with Crippen LogP contribution in [0.3, 0.4) is 0 Å². The van der Waals surface area contributed by atoms with Gasteiger partial charge in [-0.2, -0.15) is 55.1 Å². The molecule has 3 aliphatic rings. The fourth-order valence-electron chi connectivity index (χ4n) is 12.0. The minimum Gasteiger partial charge on any atom is -0.385 e. The number of fused-ring (bicyclic) bond motifs is 6. The Bertz CT molecular complexity index is 4650. The molecule has 1 fully saturated rings. The minimum atomic E-state index is -5.23. The van der Waals surface area contributed by atoms with Crippen molar-refractivity contribution in [2.75, 3.05) is 56.9 Å². The van der Waals surface area contributed by atoms with Gasteiger partial charge in [0.2, 0.25) is 5.69 Å². The van der Waals surface area contributed by atoms with E-state index in [2.05, 4.69) is 0 Å². The summed E-state index contributed by atoms with van der Waals surface area (Å²) in [5.74, 6) is -4.10. The van der Waals surface area contributed by atoms with Crippen LogP contribution in [0.1, 0.15) is 90.5 Å². The number of aryl methyl sites for hydroxylation is 2. The van der Waals surface area contributed by atoms with E-state index >= 15 is 0 Å². The van der Waals surface area contributed by atoms with Crippen molar-refractivity contribution in [1.82, 2.24) is 5.06 Å². The number of benzene rings is 5. The number of anilines is 1. The Morgan fingerprint density at radius 3 is 1.62 bits per heavy atom. The molecule has 33 heteroatoms. The topological polar surface area (TPSA) is 415 Å². The smallest absolute Gasteiger partial charge is 0.363 e. The quantitative estimate of drug-likeness (QED) is 0.0176. The molecule has 5 aromatic rings. The molecule has 0 spiro atoms. The van der Waals surface area contributed by atoms with E-state index in [0.717, 1.165) is 12.1 Å². The van der Waals surface area contributed by atoms with E-state index in [1.54, 1.807) is 61.5 Å². The van der Waals surface area contributed by atoms with Gasteiger partial charge in [-0.25, -0.2) is 4.79 Å². The Balaban J connectivity index is 1.47. The van der Waals surface area contributed by atoms with Gasteiger partial charge < -0.3 is 19.2 Å². The molecule has 3 aliphatic heterocycles. The van der Waals surface area contributed by atoms with Crippen molar-refractivity contribution in [2.45, 2.75) is 96.6 Å². The number of nitrogens with zero attached hydrogens (tertiary/aromatic N) is 3. The van der Waals surface area contributed by atoms with Crippen LogP contribution in [0.5, 0.6) is 0 Å². The molecule has 480 valence electrons.